The molecule has 0 bridgehead atoms. The van der Waals surface area contributed by atoms with Crippen LogP contribution in [0, 0.1) is 5.92 Å². The molecule has 1 heterocycles. The first kappa shape index (κ1) is 24.2. The summed E-state index contributed by atoms with van der Waals surface area (Å²) in [6, 6.07) is 14.9. The summed E-state index contributed by atoms with van der Waals surface area (Å²) in [5.74, 6) is -1.08. The average Bonchev–Trinajstić information content (AvgIpc) is 2.81. The number of halogens is 1. The summed E-state index contributed by atoms with van der Waals surface area (Å²) in [5, 5.41) is 6.20. The minimum absolute atomic E-state index is 0.105. The van der Waals surface area contributed by atoms with E-state index in [1.807, 2.05) is 12.1 Å². The molecule has 2 aromatic rings. The number of sulfonamides is 1. The van der Waals surface area contributed by atoms with Gasteiger partial charge in [-0.05, 0) is 56.0 Å². The summed E-state index contributed by atoms with van der Waals surface area (Å²) in [6.07, 6.45) is 1.82. The van der Waals surface area contributed by atoms with Gasteiger partial charge >= 0.3 is 0 Å². The zero-order valence-electron chi connectivity index (χ0n) is 18.0. The minimum atomic E-state index is -3.65. The molecule has 0 radical (unpaired) electrons. The van der Waals surface area contributed by atoms with Crippen molar-refractivity contribution in [1.29, 1.82) is 0 Å². The van der Waals surface area contributed by atoms with Gasteiger partial charge in [0.2, 0.25) is 21.8 Å². The second-order valence-corrected chi connectivity index (χ2v) is 10.3. The highest BCUT2D eigenvalue weighted by Gasteiger charge is 2.34. The number of nitrogens with one attached hydrogen (secondary N) is 2. The lowest BCUT2D eigenvalue weighted by Gasteiger charge is -2.31. The van der Waals surface area contributed by atoms with Crippen molar-refractivity contribution in [2.75, 3.05) is 19.6 Å². The SMILES string of the molecule is C[C@H](NC(=O)[C@H]1CCCN(S(=O)(=O)c2ccccc2)C1)C(=O)NCCc1ccc(Cl)cc1. The lowest BCUT2D eigenvalue weighted by atomic mass is 9.98. The number of benzene rings is 2. The summed E-state index contributed by atoms with van der Waals surface area (Å²) >= 11 is 5.87. The van der Waals surface area contributed by atoms with E-state index in [0.717, 1.165) is 5.56 Å². The van der Waals surface area contributed by atoms with Crippen LogP contribution in [0.2, 0.25) is 5.02 Å². The lowest BCUT2D eigenvalue weighted by molar-refractivity contribution is -0.131. The molecular weight excluding hydrogens is 450 g/mol. The van der Waals surface area contributed by atoms with Crippen LogP contribution in [0.25, 0.3) is 0 Å². The second-order valence-electron chi connectivity index (χ2n) is 7.91. The highest BCUT2D eigenvalue weighted by Crippen LogP contribution is 2.24. The van der Waals surface area contributed by atoms with Crippen molar-refractivity contribution in [3.8, 4) is 0 Å². The van der Waals surface area contributed by atoms with Crippen LogP contribution in [0.5, 0.6) is 0 Å². The molecule has 1 aliphatic heterocycles. The van der Waals surface area contributed by atoms with Crippen LogP contribution in [-0.4, -0.2) is 50.2 Å². The Morgan fingerprint density at radius 2 is 1.81 bits per heavy atom. The van der Waals surface area contributed by atoms with E-state index in [-0.39, 0.29) is 23.3 Å². The van der Waals surface area contributed by atoms with Crippen LogP contribution in [0.3, 0.4) is 0 Å². The zero-order chi connectivity index (χ0) is 23.1. The van der Waals surface area contributed by atoms with Gasteiger partial charge in [-0.25, -0.2) is 8.42 Å². The Balaban J connectivity index is 1.49. The van der Waals surface area contributed by atoms with Crippen molar-refractivity contribution in [2.45, 2.75) is 37.1 Å². The van der Waals surface area contributed by atoms with Crippen LogP contribution in [0.1, 0.15) is 25.3 Å². The third-order valence-corrected chi connectivity index (χ3v) is 7.65. The first-order chi connectivity index (χ1) is 15.3. The van der Waals surface area contributed by atoms with E-state index in [1.165, 1.54) is 4.31 Å². The van der Waals surface area contributed by atoms with Gasteiger partial charge in [-0.15, -0.1) is 0 Å². The molecule has 32 heavy (non-hydrogen) atoms. The molecule has 172 valence electrons. The van der Waals surface area contributed by atoms with Gasteiger partial charge in [0.25, 0.3) is 0 Å². The number of carbonyl (C=O) groups is 2. The summed E-state index contributed by atoms with van der Waals surface area (Å²) in [7, 11) is -3.65. The van der Waals surface area contributed by atoms with E-state index in [0.29, 0.717) is 37.4 Å². The maximum absolute atomic E-state index is 12.9. The van der Waals surface area contributed by atoms with Gasteiger partial charge in [-0.1, -0.05) is 41.9 Å². The summed E-state index contributed by atoms with van der Waals surface area (Å²) in [5.41, 5.74) is 1.05. The van der Waals surface area contributed by atoms with E-state index in [2.05, 4.69) is 10.6 Å². The zero-order valence-corrected chi connectivity index (χ0v) is 19.5. The molecule has 0 aromatic heterocycles. The van der Waals surface area contributed by atoms with Crippen LogP contribution in [0.15, 0.2) is 59.5 Å². The maximum Gasteiger partial charge on any atom is 0.243 e. The summed E-state index contributed by atoms with van der Waals surface area (Å²) in [6.45, 7) is 2.54. The van der Waals surface area contributed by atoms with Crippen LogP contribution >= 0.6 is 11.6 Å². The van der Waals surface area contributed by atoms with Gasteiger partial charge in [0.1, 0.15) is 6.04 Å². The lowest BCUT2D eigenvalue weighted by Crippen LogP contribution is -2.50. The number of piperidine rings is 1. The molecule has 2 amide bonds. The van der Waals surface area contributed by atoms with Crippen molar-refractivity contribution in [3.63, 3.8) is 0 Å². The Morgan fingerprint density at radius 1 is 1.12 bits per heavy atom. The Bertz CT molecular complexity index is 1030. The highest BCUT2D eigenvalue weighted by atomic mass is 35.5. The van der Waals surface area contributed by atoms with Crippen LogP contribution < -0.4 is 10.6 Å². The molecular formula is C23H28ClN3O4S. The van der Waals surface area contributed by atoms with Gasteiger partial charge in [0.15, 0.2) is 0 Å². The Labute approximate surface area is 194 Å². The number of rotatable bonds is 8. The summed E-state index contributed by atoms with van der Waals surface area (Å²) < 4.78 is 27.1. The molecule has 2 aromatic carbocycles. The van der Waals surface area contributed by atoms with E-state index in [1.54, 1.807) is 49.4 Å². The highest BCUT2D eigenvalue weighted by molar-refractivity contribution is 7.89. The molecule has 2 N–H and O–H groups in total. The predicted molar refractivity (Wildman–Crippen MR) is 124 cm³/mol. The van der Waals surface area contributed by atoms with Crippen molar-refractivity contribution < 1.29 is 18.0 Å². The van der Waals surface area contributed by atoms with Crippen molar-refractivity contribution in [2.24, 2.45) is 5.92 Å². The second kappa shape index (κ2) is 10.9. The van der Waals surface area contributed by atoms with Gasteiger partial charge in [0.05, 0.1) is 10.8 Å². The van der Waals surface area contributed by atoms with E-state index in [4.69, 9.17) is 11.6 Å². The van der Waals surface area contributed by atoms with Gasteiger partial charge in [-0.2, -0.15) is 4.31 Å². The maximum atomic E-state index is 12.9. The number of hydrogen-bond donors (Lipinski definition) is 2. The third kappa shape index (κ3) is 6.31. The third-order valence-electron chi connectivity index (χ3n) is 5.51. The van der Waals surface area contributed by atoms with Gasteiger partial charge in [0, 0.05) is 24.7 Å². The molecule has 1 aliphatic rings. The fraction of sp³-hybridized carbons (Fsp3) is 0.391. The first-order valence-corrected chi connectivity index (χ1v) is 12.5. The van der Waals surface area contributed by atoms with Gasteiger partial charge in [-0.3, -0.25) is 9.59 Å². The minimum Gasteiger partial charge on any atom is -0.354 e. The van der Waals surface area contributed by atoms with Crippen molar-refractivity contribution >= 4 is 33.4 Å². The Morgan fingerprint density at radius 3 is 2.50 bits per heavy atom. The van der Waals surface area contributed by atoms with Crippen molar-refractivity contribution in [3.05, 3.63) is 65.2 Å². The Hall–Kier alpha value is -2.42. The van der Waals surface area contributed by atoms with Crippen molar-refractivity contribution in [1.82, 2.24) is 14.9 Å². The number of nitrogens with zero attached hydrogens (tertiary/aromatic N) is 1. The molecule has 9 heteroatoms. The largest absolute Gasteiger partial charge is 0.354 e. The first-order valence-electron chi connectivity index (χ1n) is 10.6. The monoisotopic (exact) mass is 477 g/mol. The van der Waals surface area contributed by atoms with Gasteiger partial charge < -0.3 is 10.6 Å². The molecule has 0 aliphatic carbocycles. The van der Waals surface area contributed by atoms with Crippen LogP contribution in [-0.2, 0) is 26.0 Å². The fourth-order valence-corrected chi connectivity index (χ4v) is 5.32. The van der Waals surface area contributed by atoms with E-state index in [9.17, 15) is 18.0 Å². The van der Waals surface area contributed by atoms with E-state index < -0.39 is 22.0 Å². The molecule has 3 rings (SSSR count). The molecule has 0 saturated carbocycles. The molecule has 1 fully saturated rings. The molecule has 0 unspecified atom stereocenters. The summed E-state index contributed by atoms with van der Waals surface area (Å²) in [4.78, 5) is 25.3. The molecule has 2 atom stereocenters. The topological polar surface area (TPSA) is 95.6 Å². The number of hydrogen-bond acceptors (Lipinski definition) is 4. The smallest absolute Gasteiger partial charge is 0.243 e. The number of amides is 2. The molecule has 7 nitrogen and oxygen atoms in total. The fourth-order valence-electron chi connectivity index (χ4n) is 3.65. The Kier molecular flexibility index (Phi) is 8.28. The predicted octanol–water partition coefficient (Wildman–Crippen LogP) is 2.60. The molecule has 1 saturated heterocycles. The standard InChI is InChI=1S/C23H28ClN3O4S/c1-17(22(28)25-14-13-18-9-11-20(24)12-10-18)26-23(29)19-6-5-15-27(16-19)32(30,31)21-7-3-2-4-8-21/h2-4,7-12,17,19H,5-6,13-16H2,1H3,(H,25,28)(H,26,29)/t17-,19-/m0/s1. The number of carbonyl (C=O) groups excluding carboxylic acids is 2. The average molecular weight is 478 g/mol. The quantitative estimate of drug-likeness (QED) is 0.611. The van der Waals surface area contributed by atoms with E-state index >= 15 is 0 Å². The van der Waals surface area contributed by atoms with Crippen LogP contribution in [0.4, 0.5) is 0 Å². The normalized spacial score (nSPS) is 18.0. The molecule has 0 spiro atoms.